The SMILES string of the molecule is CCN(c1ccccc1)c1ccc(NC(=O)c2ccccc2)nn1. The summed E-state index contributed by atoms with van der Waals surface area (Å²) in [5.74, 6) is 0.964. The summed E-state index contributed by atoms with van der Waals surface area (Å²) in [6.45, 7) is 2.83. The molecule has 0 saturated heterocycles. The molecule has 24 heavy (non-hydrogen) atoms. The first kappa shape index (κ1) is 15.7. The van der Waals surface area contributed by atoms with Crippen molar-refractivity contribution in [2.24, 2.45) is 0 Å². The Kier molecular flexibility index (Phi) is 4.81. The van der Waals surface area contributed by atoms with Crippen LogP contribution in [0.2, 0.25) is 0 Å². The minimum absolute atomic E-state index is 0.201. The van der Waals surface area contributed by atoms with Gasteiger partial charge in [-0.15, -0.1) is 10.2 Å². The lowest BCUT2D eigenvalue weighted by Gasteiger charge is -2.21. The lowest BCUT2D eigenvalue weighted by Crippen LogP contribution is -2.18. The van der Waals surface area contributed by atoms with E-state index in [0.717, 1.165) is 18.1 Å². The van der Waals surface area contributed by atoms with E-state index >= 15 is 0 Å². The molecule has 1 heterocycles. The van der Waals surface area contributed by atoms with E-state index in [4.69, 9.17) is 0 Å². The minimum Gasteiger partial charge on any atom is -0.325 e. The second-order valence-electron chi connectivity index (χ2n) is 5.18. The molecule has 1 amide bonds. The molecule has 1 aromatic heterocycles. The second-order valence-corrected chi connectivity index (χ2v) is 5.18. The Hall–Kier alpha value is -3.21. The maximum atomic E-state index is 12.1. The maximum absolute atomic E-state index is 12.1. The lowest BCUT2D eigenvalue weighted by atomic mass is 10.2. The van der Waals surface area contributed by atoms with Crippen LogP contribution in [0, 0.1) is 0 Å². The Morgan fingerprint density at radius 3 is 2.17 bits per heavy atom. The van der Waals surface area contributed by atoms with Crippen LogP contribution >= 0.6 is 0 Å². The first-order valence-electron chi connectivity index (χ1n) is 7.80. The lowest BCUT2D eigenvalue weighted by molar-refractivity contribution is 0.102. The van der Waals surface area contributed by atoms with Crippen LogP contribution in [0.3, 0.4) is 0 Å². The topological polar surface area (TPSA) is 58.1 Å². The van der Waals surface area contributed by atoms with Crippen molar-refractivity contribution in [3.8, 4) is 0 Å². The summed E-state index contributed by atoms with van der Waals surface area (Å²) in [7, 11) is 0. The number of anilines is 3. The van der Waals surface area contributed by atoms with Gasteiger partial charge in [-0.3, -0.25) is 4.79 Å². The zero-order valence-corrected chi connectivity index (χ0v) is 13.4. The molecule has 5 nitrogen and oxygen atoms in total. The van der Waals surface area contributed by atoms with E-state index in [1.807, 2.05) is 54.6 Å². The Balaban J connectivity index is 1.74. The number of rotatable bonds is 5. The predicted octanol–water partition coefficient (Wildman–Crippen LogP) is 3.89. The Morgan fingerprint density at radius 2 is 1.58 bits per heavy atom. The Labute approximate surface area is 141 Å². The van der Waals surface area contributed by atoms with E-state index in [1.165, 1.54) is 0 Å². The average molecular weight is 318 g/mol. The average Bonchev–Trinajstić information content (AvgIpc) is 2.65. The van der Waals surface area contributed by atoms with E-state index < -0.39 is 0 Å². The van der Waals surface area contributed by atoms with Gasteiger partial charge in [0.25, 0.3) is 5.91 Å². The largest absolute Gasteiger partial charge is 0.325 e. The van der Waals surface area contributed by atoms with Gasteiger partial charge in [-0.1, -0.05) is 36.4 Å². The van der Waals surface area contributed by atoms with Gasteiger partial charge in [0.05, 0.1) is 0 Å². The molecule has 3 aromatic rings. The van der Waals surface area contributed by atoms with Gasteiger partial charge in [0, 0.05) is 17.8 Å². The van der Waals surface area contributed by atoms with Crippen LogP contribution in [0.5, 0.6) is 0 Å². The van der Waals surface area contributed by atoms with Crippen LogP contribution in [-0.4, -0.2) is 22.6 Å². The summed E-state index contributed by atoms with van der Waals surface area (Å²) in [5.41, 5.74) is 1.64. The van der Waals surface area contributed by atoms with Crippen LogP contribution in [0.25, 0.3) is 0 Å². The Morgan fingerprint density at radius 1 is 0.917 bits per heavy atom. The van der Waals surface area contributed by atoms with Crippen molar-refractivity contribution in [3.63, 3.8) is 0 Å². The normalized spacial score (nSPS) is 10.2. The molecule has 0 fully saturated rings. The van der Waals surface area contributed by atoms with Crippen molar-refractivity contribution in [3.05, 3.63) is 78.4 Å². The fourth-order valence-corrected chi connectivity index (χ4v) is 2.40. The third-order valence-electron chi connectivity index (χ3n) is 3.59. The van der Waals surface area contributed by atoms with Crippen LogP contribution in [0.4, 0.5) is 17.3 Å². The standard InChI is InChI=1S/C19H18N4O/c1-2-23(16-11-7-4-8-12-16)18-14-13-17(21-22-18)20-19(24)15-9-5-3-6-10-15/h3-14H,2H2,1H3,(H,20,21,24). The molecule has 0 bridgehead atoms. The molecule has 120 valence electrons. The van der Waals surface area contributed by atoms with Crippen LogP contribution in [0.1, 0.15) is 17.3 Å². The molecule has 0 radical (unpaired) electrons. The number of hydrogen-bond acceptors (Lipinski definition) is 4. The van der Waals surface area contributed by atoms with Gasteiger partial charge >= 0.3 is 0 Å². The van der Waals surface area contributed by atoms with Crippen LogP contribution in [0.15, 0.2) is 72.8 Å². The number of carbonyl (C=O) groups is 1. The number of amides is 1. The van der Waals surface area contributed by atoms with Crippen molar-refractivity contribution in [1.29, 1.82) is 0 Å². The number of benzene rings is 2. The zero-order valence-electron chi connectivity index (χ0n) is 13.4. The highest BCUT2D eigenvalue weighted by Gasteiger charge is 2.10. The molecule has 0 saturated carbocycles. The molecule has 0 atom stereocenters. The summed E-state index contributed by atoms with van der Waals surface area (Å²) in [5, 5.41) is 11.1. The van der Waals surface area contributed by atoms with Gasteiger partial charge < -0.3 is 10.2 Å². The number of hydrogen-bond donors (Lipinski definition) is 1. The number of aromatic nitrogens is 2. The fourth-order valence-electron chi connectivity index (χ4n) is 2.40. The van der Waals surface area contributed by atoms with E-state index in [9.17, 15) is 4.79 Å². The summed E-state index contributed by atoms with van der Waals surface area (Å²) in [6, 6.07) is 22.6. The van der Waals surface area contributed by atoms with Gasteiger partial charge in [0.1, 0.15) is 0 Å². The van der Waals surface area contributed by atoms with E-state index in [0.29, 0.717) is 11.4 Å². The molecular formula is C19H18N4O. The monoisotopic (exact) mass is 318 g/mol. The zero-order chi connectivity index (χ0) is 16.8. The van der Waals surface area contributed by atoms with Crippen LogP contribution < -0.4 is 10.2 Å². The molecule has 0 spiro atoms. The first-order valence-corrected chi connectivity index (χ1v) is 7.80. The van der Waals surface area contributed by atoms with Gasteiger partial charge in [-0.25, -0.2) is 0 Å². The van der Waals surface area contributed by atoms with E-state index in [1.54, 1.807) is 18.2 Å². The molecule has 0 aliphatic rings. The summed E-state index contributed by atoms with van der Waals surface area (Å²) < 4.78 is 0. The molecule has 2 aromatic carbocycles. The quantitative estimate of drug-likeness (QED) is 0.775. The van der Waals surface area contributed by atoms with Gasteiger partial charge in [0.15, 0.2) is 11.6 Å². The number of nitrogens with zero attached hydrogens (tertiary/aromatic N) is 3. The van der Waals surface area contributed by atoms with Gasteiger partial charge in [0.2, 0.25) is 0 Å². The summed E-state index contributed by atoms with van der Waals surface area (Å²) in [6.07, 6.45) is 0. The molecule has 0 aliphatic heterocycles. The Bertz CT molecular complexity index is 789. The second kappa shape index (κ2) is 7.37. The number of nitrogens with one attached hydrogen (secondary N) is 1. The van der Waals surface area contributed by atoms with Crippen molar-refractivity contribution >= 4 is 23.2 Å². The van der Waals surface area contributed by atoms with Crippen LogP contribution in [-0.2, 0) is 0 Å². The molecule has 3 rings (SSSR count). The molecule has 1 N–H and O–H groups in total. The van der Waals surface area contributed by atoms with Crippen molar-refractivity contribution in [2.75, 3.05) is 16.8 Å². The minimum atomic E-state index is -0.201. The molecule has 0 unspecified atom stereocenters. The van der Waals surface area contributed by atoms with Crippen molar-refractivity contribution in [2.45, 2.75) is 6.92 Å². The fraction of sp³-hybridized carbons (Fsp3) is 0.105. The highest BCUT2D eigenvalue weighted by atomic mass is 16.1. The first-order chi connectivity index (χ1) is 11.8. The highest BCUT2D eigenvalue weighted by Crippen LogP contribution is 2.22. The summed E-state index contributed by atoms with van der Waals surface area (Å²) >= 11 is 0. The maximum Gasteiger partial charge on any atom is 0.256 e. The van der Waals surface area contributed by atoms with Gasteiger partial charge in [-0.05, 0) is 43.3 Å². The third-order valence-corrected chi connectivity index (χ3v) is 3.59. The predicted molar refractivity (Wildman–Crippen MR) is 95.5 cm³/mol. The van der Waals surface area contributed by atoms with E-state index in [2.05, 4.69) is 27.3 Å². The van der Waals surface area contributed by atoms with Crippen molar-refractivity contribution in [1.82, 2.24) is 10.2 Å². The number of para-hydroxylation sites is 1. The molecule has 5 heteroatoms. The highest BCUT2D eigenvalue weighted by molar-refractivity contribution is 6.03. The van der Waals surface area contributed by atoms with Crippen molar-refractivity contribution < 1.29 is 4.79 Å². The molecule has 0 aliphatic carbocycles. The summed E-state index contributed by atoms with van der Waals surface area (Å²) in [4.78, 5) is 14.2. The van der Waals surface area contributed by atoms with E-state index in [-0.39, 0.29) is 5.91 Å². The smallest absolute Gasteiger partial charge is 0.256 e. The third kappa shape index (κ3) is 3.57. The number of carbonyl (C=O) groups excluding carboxylic acids is 1. The van der Waals surface area contributed by atoms with Gasteiger partial charge in [-0.2, -0.15) is 0 Å². The molecular weight excluding hydrogens is 300 g/mol.